The largest absolute Gasteiger partial charge is 0.407 e. The maximum absolute atomic E-state index is 6.79. The van der Waals surface area contributed by atoms with E-state index >= 15 is 0 Å². The van der Waals surface area contributed by atoms with E-state index in [9.17, 15) is 0 Å². The fourth-order valence-electron chi connectivity index (χ4n) is 2.53. The predicted molar refractivity (Wildman–Crippen MR) is 114 cm³/mol. The summed E-state index contributed by atoms with van der Waals surface area (Å²) in [6, 6.07) is 20.7. The summed E-state index contributed by atoms with van der Waals surface area (Å²) in [5.74, 6) is 0. The Bertz CT molecular complexity index is 687. The van der Waals surface area contributed by atoms with E-state index in [2.05, 4.69) is 82.4 Å². The third kappa shape index (κ3) is 5.40. The molecule has 0 aliphatic heterocycles. The minimum atomic E-state index is -1.95. The van der Waals surface area contributed by atoms with Gasteiger partial charge >= 0.3 is 0 Å². The fraction of sp³-hybridized carbons (Fsp3) is 0.391. The molecule has 0 spiro atoms. The van der Waals surface area contributed by atoms with Gasteiger partial charge in [0.25, 0.3) is 0 Å². The van der Waals surface area contributed by atoms with Crippen LogP contribution in [0.4, 0.5) is 0 Å². The number of hydrogen-bond donors (Lipinski definition) is 0. The van der Waals surface area contributed by atoms with Crippen LogP contribution in [0.25, 0.3) is 6.08 Å². The highest BCUT2D eigenvalue weighted by atomic mass is 28.4. The average Bonchev–Trinajstić information content (AvgIpc) is 2.62. The first-order valence-electron chi connectivity index (χ1n) is 9.23. The summed E-state index contributed by atoms with van der Waals surface area (Å²) in [6.45, 7) is 11.4. The first-order valence-corrected chi connectivity index (χ1v) is 12.1. The minimum Gasteiger partial charge on any atom is -0.407 e. The van der Waals surface area contributed by atoms with Crippen molar-refractivity contribution in [1.82, 2.24) is 0 Å². The molecule has 26 heavy (non-hydrogen) atoms. The van der Waals surface area contributed by atoms with E-state index in [-0.39, 0.29) is 17.2 Å². The lowest BCUT2D eigenvalue weighted by Crippen LogP contribution is -2.44. The van der Waals surface area contributed by atoms with Gasteiger partial charge in [-0.2, -0.15) is 0 Å². The van der Waals surface area contributed by atoms with E-state index in [4.69, 9.17) is 9.16 Å². The average molecular weight is 369 g/mol. The molecule has 0 heterocycles. The van der Waals surface area contributed by atoms with Gasteiger partial charge in [0.2, 0.25) is 0 Å². The van der Waals surface area contributed by atoms with Gasteiger partial charge in [-0.05, 0) is 29.3 Å². The Kier molecular flexibility index (Phi) is 6.99. The molecule has 0 aliphatic carbocycles. The van der Waals surface area contributed by atoms with Crippen molar-refractivity contribution in [3.63, 3.8) is 0 Å². The summed E-state index contributed by atoms with van der Waals surface area (Å²) < 4.78 is 12.7. The third-order valence-electron chi connectivity index (χ3n) is 5.20. The lowest BCUT2D eigenvalue weighted by molar-refractivity contribution is 0.0236. The molecule has 0 aliphatic rings. The summed E-state index contributed by atoms with van der Waals surface area (Å²) in [5.41, 5.74) is 2.32. The van der Waals surface area contributed by atoms with E-state index in [1.807, 2.05) is 24.3 Å². The van der Waals surface area contributed by atoms with Crippen molar-refractivity contribution in [3.8, 4) is 0 Å². The maximum atomic E-state index is 6.79. The van der Waals surface area contributed by atoms with Crippen LogP contribution in [0.1, 0.15) is 38.0 Å². The minimum absolute atomic E-state index is 0.123. The molecule has 2 aromatic carbocycles. The molecule has 2 atom stereocenters. The summed E-state index contributed by atoms with van der Waals surface area (Å²) in [7, 11) is -0.197. The Morgan fingerprint density at radius 3 is 1.92 bits per heavy atom. The Hall–Kier alpha value is -1.68. The Labute approximate surface area is 160 Å². The third-order valence-corrected chi connectivity index (χ3v) is 9.66. The highest BCUT2D eigenvalue weighted by Gasteiger charge is 2.41. The normalized spacial score (nSPS) is 15.2. The highest BCUT2D eigenvalue weighted by Crippen LogP contribution is 2.41. The van der Waals surface area contributed by atoms with Gasteiger partial charge < -0.3 is 9.16 Å². The van der Waals surface area contributed by atoms with Gasteiger partial charge in [0.1, 0.15) is 12.2 Å². The number of rotatable bonds is 7. The second-order valence-electron chi connectivity index (χ2n) is 8.18. The molecule has 0 unspecified atom stereocenters. The quantitative estimate of drug-likeness (QED) is 0.521. The van der Waals surface area contributed by atoms with Crippen LogP contribution >= 0.6 is 0 Å². The number of ether oxygens (including phenoxy) is 1. The summed E-state index contributed by atoms with van der Waals surface area (Å²) in [4.78, 5) is 0. The standard InChI is InChI=1S/C23H32O2Si/c1-23(2,3)26(5,6)25-22(20-15-11-8-12-16-20)21(24-4)18-17-19-13-9-7-10-14-19/h7-18,21-22H,1-6H3/b18-17+/t21-,22+/m0/s1. The van der Waals surface area contributed by atoms with Crippen LogP contribution in [-0.4, -0.2) is 21.5 Å². The zero-order valence-electron chi connectivity index (χ0n) is 16.9. The van der Waals surface area contributed by atoms with Gasteiger partial charge in [-0.1, -0.05) is 93.6 Å². The van der Waals surface area contributed by atoms with Crippen molar-refractivity contribution in [2.45, 2.75) is 51.1 Å². The molecule has 140 valence electrons. The van der Waals surface area contributed by atoms with Gasteiger partial charge in [0.05, 0.1) is 0 Å². The predicted octanol–water partition coefficient (Wildman–Crippen LogP) is 6.48. The molecule has 0 N–H and O–H groups in total. The Morgan fingerprint density at radius 1 is 0.885 bits per heavy atom. The molecule has 2 rings (SSSR count). The monoisotopic (exact) mass is 368 g/mol. The van der Waals surface area contributed by atoms with Crippen LogP contribution in [-0.2, 0) is 9.16 Å². The van der Waals surface area contributed by atoms with Gasteiger partial charge in [-0.25, -0.2) is 0 Å². The molecule has 0 amide bonds. The number of benzene rings is 2. The number of hydrogen-bond acceptors (Lipinski definition) is 2. The van der Waals surface area contributed by atoms with E-state index in [0.717, 1.165) is 11.1 Å². The molecule has 0 saturated heterocycles. The lowest BCUT2D eigenvalue weighted by Gasteiger charge is -2.41. The Morgan fingerprint density at radius 2 is 1.42 bits per heavy atom. The van der Waals surface area contributed by atoms with Gasteiger partial charge in [-0.15, -0.1) is 0 Å². The van der Waals surface area contributed by atoms with E-state index in [0.29, 0.717) is 0 Å². The van der Waals surface area contributed by atoms with Crippen LogP contribution in [0.3, 0.4) is 0 Å². The zero-order valence-corrected chi connectivity index (χ0v) is 17.9. The summed E-state index contributed by atoms with van der Waals surface area (Å²) in [5, 5.41) is 0.140. The van der Waals surface area contributed by atoms with Crippen molar-refractivity contribution < 1.29 is 9.16 Å². The molecule has 0 aromatic heterocycles. The van der Waals surface area contributed by atoms with Crippen LogP contribution in [0.5, 0.6) is 0 Å². The second kappa shape index (κ2) is 8.80. The lowest BCUT2D eigenvalue weighted by atomic mass is 10.0. The van der Waals surface area contributed by atoms with Crippen molar-refractivity contribution >= 4 is 14.4 Å². The molecule has 0 bridgehead atoms. The molecular formula is C23H32O2Si. The Balaban J connectivity index is 2.34. The zero-order chi connectivity index (χ0) is 19.2. The molecule has 0 saturated carbocycles. The highest BCUT2D eigenvalue weighted by molar-refractivity contribution is 6.74. The number of methoxy groups -OCH3 is 1. The van der Waals surface area contributed by atoms with Crippen molar-refractivity contribution in [2.75, 3.05) is 7.11 Å². The first kappa shape index (κ1) is 20.6. The van der Waals surface area contributed by atoms with E-state index in [1.54, 1.807) is 7.11 Å². The van der Waals surface area contributed by atoms with Crippen molar-refractivity contribution in [3.05, 3.63) is 77.9 Å². The molecule has 3 heteroatoms. The van der Waals surface area contributed by atoms with E-state index < -0.39 is 8.32 Å². The molecule has 2 nitrogen and oxygen atoms in total. The van der Waals surface area contributed by atoms with Gasteiger partial charge in [0.15, 0.2) is 8.32 Å². The van der Waals surface area contributed by atoms with Crippen LogP contribution in [0, 0.1) is 0 Å². The van der Waals surface area contributed by atoms with Crippen molar-refractivity contribution in [2.24, 2.45) is 0 Å². The topological polar surface area (TPSA) is 18.5 Å². The molecule has 2 aromatic rings. The van der Waals surface area contributed by atoms with Crippen LogP contribution in [0.15, 0.2) is 66.7 Å². The van der Waals surface area contributed by atoms with Crippen molar-refractivity contribution in [1.29, 1.82) is 0 Å². The van der Waals surface area contributed by atoms with E-state index in [1.165, 1.54) is 0 Å². The molecule has 0 fully saturated rings. The SMILES string of the molecule is CO[C@@H](/C=C/c1ccccc1)[C@H](O[Si](C)(C)C(C)(C)C)c1ccccc1. The smallest absolute Gasteiger partial charge is 0.193 e. The first-order chi connectivity index (χ1) is 12.2. The van der Waals surface area contributed by atoms with Crippen LogP contribution < -0.4 is 0 Å². The van der Waals surface area contributed by atoms with Crippen LogP contribution in [0.2, 0.25) is 18.1 Å². The van der Waals surface area contributed by atoms with Gasteiger partial charge in [0, 0.05) is 7.11 Å². The summed E-state index contributed by atoms with van der Waals surface area (Å²) in [6.07, 6.45) is 3.95. The molecule has 0 radical (unpaired) electrons. The molecular weight excluding hydrogens is 336 g/mol. The van der Waals surface area contributed by atoms with Gasteiger partial charge in [-0.3, -0.25) is 0 Å². The second-order valence-corrected chi connectivity index (χ2v) is 12.9. The fourth-order valence-corrected chi connectivity index (χ4v) is 3.79. The summed E-state index contributed by atoms with van der Waals surface area (Å²) >= 11 is 0. The maximum Gasteiger partial charge on any atom is 0.193 e.